The molecule has 0 fully saturated rings. The summed E-state index contributed by atoms with van der Waals surface area (Å²) in [5.41, 5.74) is 8.59. The van der Waals surface area contributed by atoms with Crippen LogP contribution in [-0.2, 0) is 14.1 Å². The standard InChI is InChI=1S/C27H22FN5O4/c1-14-22(27(36)33(3)37-14)16-6-4-15(5-7-16)21-12-17-10-11-30-23(24(17)32(21)2)26(35)31-18-8-9-20(28)19(13-18)25(29)34/h4-13H,1-3H3,(H2,29,34)(H,31,35). The van der Waals surface area contributed by atoms with Gasteiger partial charge in [0.25, 0.3) is 17.4 Å². The molecule has 0 radical (unpaired) electrons. The van der Waals surface area contributed by atoms with E-state index in [9.17, 15) is 18.8 Å². The molecule has 2 amide bonds. The Morgan fingerprint density at radius 1 is 1.03 bits per heavy atom. The zero-order chi connectivity index (χ0) is 26.4. The van der Waals surface area contributed by atoms with Crippen molar-refractivity contribution in [2.75, 3.05) is 5.32 Å². The minimum atomic E-state index is -0.935. The van der Waals surface area contributed by atoms with Crippen LogP contribution in [0.25, 0.3) is 33.3 Å². The van der Waals surface area contributed by atoms with E-state index < -0.39 is 17.6 Å². The molecule has 5 rings (SSSR count). The third-order valence-electron chi connectivity index (χ3n) is 6.24. The Morgan fingerprint density at radius 3 is 2.38 bits per heavy atom. The van der Waals surface area contributed by atoms with Gasteiger partial charge in [-0.05, 0) is 48.4 Å². The molecule has 0 bridgehead atoms. The second-order valence-electron chi connectivity index (χ2n) is 8.60. The molecule has 0 saturated heterocycles. The Morgan fingerprint density at radius 2 is 1.73 bits per heavy atom. The van der Waals surface area contributed by atoms with Gasteiger partial charge in [-0.15, -0.1) is 0 Å². The lowest BCUT2D eigenvalue weighted by Crippen LogP contribution is -2.17. The fraction of sp³-hybridized carbons (Fsp3) is 0.111. The molecule has 0 unspecified atom stereocenters. The molecule has 10 heteroatoms. The summed E-state index contributed by atoms with van der Waals surface area (Å²) in [6, 6.07) is 14.8. The van der Waals surface area contributed by atoms with E-state index in [0.717, 1.165) is 28.3 Å². The van der Waals surface area contributed by atoms with Crippen LogP contribution in [0.5, 0.6) is 0 Å². The van der Waals surface area contributed by atoms with Crippen molar-refractivity contribution < 1.29 is 18.5 Å². The summed E-state index contributed by atoms with van der Waals surface area (Å²) >= 11 is 0. The van der Waals surface area contributed by atoms with Gasteiger partial charge in [-0.1, -0.05) is 24.3 Å². The maximum Gasteiger partial charge on any atom is 0.290 e. The number of pyridine rings is 1. The number of fused-ring (bicyclic) bond motifs is 1. The lowest BCUT2D eigenvalue weighted by molar-refractivity contribution is 0.0992. The Hall–Kier alpha value is -4.99. The zero-order valence-corrected chi connectivity index (χ0v) is 20.2. The van der Waals surface area contributed by atoms with Gasteiger partial charge >= 0.3 is 0 Å². The lowest BCUT2D eigenvalue weighted by atomic mass is 10.0. The summed E-state index contributed by atoms with van der Waals surface area (Å²) in [4.78, 5) is 41.2. The monoisotopic (exact) mass is 499 g/mol. The molecular weight excluding hydrogens is 477 g/mol. The number of primary amides is 1. The normalized spacial score (nSPS) is 11.1. The van der Waals surface area contributed by atoms with Crippen LogP contribution in [0.2, 0.25) is 0 Å². The van der Waals surface area contributed by atoms with Crippen molar-refractivity contribution in [1.82, 2.24) is 14.3 Å². The number of rotatable bonds is 5. The molecule has 37 heavy (non-hydrogen) atoms. The van der Waals surface area contributed by atoms with Crippen LogP contribution in [-0.4, -0.2) is 26.1 Å². The second-order valence-corrected chi connectivity index (χ2v) is 8.60. The van der Waals surface area contributed by atoms with Crippen molar-refractivity contribution in [2.24, 2.45) is 19.8 Å². The summed E-state index contributed by atoms with van der Waals surface area (Å²) in [6.07, 6.45) is 1.53. The Bertz CT molecular complexity index is 1760. The predicted octanol–water partition coefficient (Wildman–Crippen LogP) is 4.00. The number of anilines is 1. The highest BCUT2D eigenvalue weighted by Crippen LogP contribution is 2.31. The quantitative estimate of drug-likeness (QED) is 0.378. The van der Waals surface area contributed by atoms with Crippen molar-refractivity contribution in [3.8, 4) is 22.4 Å². The smallest absolute Gasteiger partial charge is 0.290 e. The van der Waals surface area contributed by atoms with E-state index in [0.29, 0.717) is 16.8 Å². The van der Waals surface area contributed by atoms with Crippen molar-refractivity contribution in [2.45, 2.75) is 6.92 Å². The molecule has 3 N–H and O–H groups in total. The van der Waals surface area contributed by atoms with Gasteiger partial charge in [0.1, 0.15) is 11.6 Å². The van der Waals surface area contributed by atoms with E-state index in [1.54, 1.807) is 20.0 Å². The minimum absolute atomic E-state index is 0.158. The minimum Gasteiger partial charge on any atom is -0.381 e. The molecule has 0 aliphatic carbocycles. The molecule has 0 aliphatic heterocycles. The van der Waals surface area contributed by atoms with E-state index in [1.807, 2.05) is 41.9 Å². The Balaban J connectivity index is 1.50. The average Bonchev–Trinajstić information content (AvgIpc) is 3.34. The van der Waals surface area contributed by atoms with Crippen LogP contribution >= 0.6 is 0 Å². The first-order valence-electron chi connectivity index (χ1n) is 11.3. The molecule has 186 valence electrons. The highest BCUT2D eigenvalue weighted by atomic mass is 19.1. The van der Waals surface area contributed by atoms with E-state index >= 15 is 0 Å². The maximum absolute atomic E-state index is 13.8. The molecule has 3 aromatic heterocycles. The number of aromatic nitrogens is 3. The van der Waals surface area contributed by atoms with Gasteiger partial charge in [0, 0.05) is 37.1 Å². The van der Waals surface area contributed by atoms with Crippen molar-refractivity contribution in [3.63, 3.8) is 0 Å². The molecule has 3 heterocycles. The van der Waals surface area contributed by atoms with Crippen LogP contribution in [0.1, 0.15) is 26.6 Å². The summed E-state index contributed by atoms with van der Waals surface area (Å²) in [7, 11) is 3.39. The molecule has 0 aliphatic rings. The van der Waals surface area contributed by atoms with Crippen LogP contribution < -0.4 is 16.6 Å². The van der Waals surface area contributed by atoms with E-state index in [1.165, 1.54) is 23.1 Å². The molecular formula is C27H22FN5O4. The third-order valence-corrected chi connectivity index (χ3v) is 6.24. The molecule has 0 saturated carbocycles. The largest absolute Gasteiger partial charge is 0.381 e. The highest BCUT2D eigenvalue weighted by molar-refractivity contribution is 6.11. The van der Waals surface area contributed by atoms with Crippen molar-refractivity contribution >= 4 is 28.4 Å². The number of carbonyl (C=O) groups excluding carboxylic acids is 2. The fourth-order valence-electron chi connectivity index (χ4n) is 4.46. The van der Waals surface area contributed by atoms with E-state index in [-0.39, 0.29) is 22.5 Å². The Labute approximate surface area is 209 Å². The van der Waals surface area contributed by atoms with Gasteiger partial charge in [-0.2, -0.15) is 4.74 Å². The van der Waals surface area contributed by atoms with Gasteiger partial charge in [-0.25, -0.2) is 9.37 Å². The van der Waals surface area contributed by atoms with Crippen LogP contribution in [0, 0.1) is 12.7 Å². The number of nitrogens with two attached hydrogens (primary N) is 1. The second kappa shape index (κ2) is 8.90. The number of carbonyl (C=O) groups is 2. The number of benzene rings is 2. The number of aryl methyl sites for hydroxylation is 3. The summed E-state index contributed by atoms with van der Waals surface area (Å²) in [6.45, 7) is 1.74. The molecule has 5 aromatic rings. The number of halogens is 1. The summed E-state index contributed by atoms with van der Waals surface area (Å²) < 4.78 is 22.3. The highest BCUT2D eigenvalue weighted by Gasteiger charge is 2.19. The first-order chi connectivity index (χ1) is 17.7. The number of nitrogens with one attached hydrogen (secondary N) is 1. The molecule has 2 aromatic carbocycles. The molecule has 9 nitrogen and oxygen atoms in total. The first kappa shape index (κ1) is 23.7. The van der Waals surface area contributed by atoms with Gasteiger partial charge in [0.15, 0.2) is 5.69 Å². The maximum atomic E-state index is 13.8. The van der Waals surface area contributed by atoms with Gasteiger partial charge < -0.3 is 20.1 Å². The van der Waals surface area contributed by atoms with Gasteiger partial charge in [-0.3, -0.25) is 14.4 Å². The first-order valence-corrected chi connectivity index (χ1v) is 11.3. The Kier molecular flexibility index (Phi) is 5.71. The number of amides is 2. The molecule has 0 atom stereocenters. The average molecular weight is 500 g/mol. The van der Waals surface area contributed by atoms with Crippen molar-refractivity contribution in [1.29, 1.82) is 0 Å². The summed E-state index contributed by atoms with van der Waals surface area (Å²) in [5.74, 6) is -1.69. The molecule has 0 spiro atoms. The van der Waals surface area contributed by atoms with E-state index in [4.69, 9.17) is 10.3 Å². The van der Waals surface area contributed by atoms with Crippen molar-refractivity contribution in [3.05, 3.63) is 94.0 Å². The fourth-order valence-corrected chi connectivity index (χ4v) is 4.46. The van der Waals surface area contributed by atoms with E-state index in [2.05, 4.69) is 10.3 Å². The number of hydrogen-bond acceptors (Lipinski definition) is 5. The number of hydrogen-bond donors (Lipinski definition) is 2. The van der Waals surface area contributed by atoms with Crippen LogP contribution in [0.4, 0.5) is 10.1 Å². The van der Waals surface area contributed by atoms with Gasteiger partial charge in [0.2, 0.25) is 0 Å². The SMILES string of the molecule is Cc1on(C)c(=O)c1-c1ccc(-c2cc3ccnc(C(=O)Nc4ccc(F)c(C(N)=O)c4)c3n2C)cc1. The van der Waals surface area contributed by atoms with Crippen LogP contribution in [0.3, 0.4) is 0 Å². The topological polar surface area (TPSA) is 125 Å². The zero-order valence-electron chi connectivity index (χ0n) is 20.2. The predicted molar refractivity (Wildman–Crippen MR) is 137 cm³/mol. The van der Waals surface area contributed by atoms with Gasteiger partial charge in [0.05, 0.1) is 16.6 Å². The summed E-state index contributed by atoms with van der Waals surface area (Å²) in [5, 5.41) is 3.45. The third kappa shape index (κ3) is 4.08. The van der Waals surface area contributed by atoms with Crippen LogP contribution in [0.15, 0.2) is 70.1 Å². The lowest BCUT2D eigenvalue weighted by Gasteiger charge is -2.10. The number of nitrogens with zero attached hydrogens (tertiary/aromatic N) is 3.